The van der Waals surface area contributed by atoms with Crippen LogP contribution in [0.15, 0.2) is 5.16 Å². The molecule has 4 nitrogen and oxygen atoms in total. The minimum Gasteiger partial charge on any atom is -0.409 e. The largest absolute Gasteiger partial charge is 0.409 e. The van der Waals surface area contributed by atoms with Crippen LogP contribution in [-0.2, 0) is 0 Å². The summed E-state index contributed by atoms with van der Waals surface area (Å²) in [5.41, 5.74) is 5.07. The van der Waals surface area contributed by atoms with Gasteiger partial charge in [0, 0.05) is 5.92 Å². The van der Waals surface area contributed by atoms with E-state index in [0.717, 1.165) is 0 Å². The first-order chi connectivity index (χ1) is 3.72. The molecule has 4 heteroatoms. The lowest BCUT2D eigenvalue weighted by Crippen LogP contribution is -2.23. The highest BCUT2D eigenvalue weighted by atomic mass is 16.4. The van der Waals surface area contributed by atoms with Crippen molar-refractivity contribution in [3.05, 3.63) is 0 Å². The average Bonchev–Trinajstić information content (AvgIpc) is 1.84. The van der Waals surface area contributed by atoms with Crippen molar-refractivity contribution in [1.29, 1.82) is 0 Å². The molecule has 0 aromatic heterocycles. The van der Waals surface area contributed by atoms with Gasteiger partial charge in [0.1, 0.15) is 5.84 Å². The zero-order valence-corrected chi connectivity index (χ0v) is 4.70. The van der Waals surface area contributed by atoms with Crippen molar-refractivity contribution in [1.82, 2.24) is 0 Å². The van der Waals surface area contributed by atoms with Gasteiger partial charge in [-0.3, -0.25) is 0 Å². The minimum absolute atomic E-state index is 0.0625. The summed E-state index contributed by atoms with van der Waals surface area (Å²) in [4.78, 5) is 0. The summed E-state index contributed by atoms with van der Waals surface area (Å²) in [5.74, 6) is -0.187. The first-order valence-corrected chi connectivity index (χ1v) is 2.30. The Labute approximate surface area is 47.6 Å². The summed E-state index contributed by atoms with van der Waals surface area (Å²) in [6.07, 6.45) is 0. The zero-order chi connectivity index (χ0) is 6.57. The van der Waals surface area contributed by atoms with Gasteiger partial charge < -0.3 is 16.0 Å². The molecule has 0 amide bonds. The van der Waals surface area contributed by atoms with Crippen molar-refractivity contribution in [2.75, 3.05) is 6.61 Å². The van der Waals surface area contributed by atoms with Gasteiger partial charge in [-0.25, -0.2) is 0 Å². The summed E-state index contributed by atoms with van der Waals surface area (Å²) >= 11 is 0. The predicted octanol–water partition coefficient (Wildman–Crippen LogP) is -0.639. The molecule has 0 rings (SSSR count). The maximum absolute atomic E-state index is 8.36. The molecule has 0 fully saturated rings. The molecule has 48 valence electrons. The van der Waals surface area contributed by atoms with E-state index >= 15 is 0 Å². The highest BCUT2D eigenvalue weighted by molar-refractivity contribution is 5.81. The van der Waals surface area contributed by atoms with Crippen LogP contribution < -0.4 is 5.73 Å². The lowest BCUT2D eigenvalue weighted by molar-refractivity contribution is 0.260. The number of aliphatic hydroxyl groups is 1. The Morgan fingerprint density at radius 2 is 2.38 bits per heavy atom. The molecule has 0 aliphatic heterocycles. The standard InChI is InChI=1S/C4H10N2O2/c1-3(2-7)4(5)6-8/h3,7-8H,2H2,1H3,(H2,5,6). The van der Waals surface area contributed by atoms with Crippen LogP contribution in [0.4, 0.5) is 0 Å². The molecule has 8 heavy (non-hydrogen) atoms. The third-order valence-corrected chi connectivity index (χ3v) is 0.894. The lowest BCUT2D eigenvalue weighted by atomic mass is 10.2. The second-order valence-corrected chi connectivity index (χ2v) is 1.61. The molecular formula is C4H10N2O2. The molecule has 0 bridgehead atoms. The second-order valence-electron chi connectivity index (χ2n) is 1.61. The van der Waals surface area contributed by atoms with Gasteiger partial charge in [0.25, 0.3) is 0 Å². The summed E-state index contributed by atoms with van der Waals surface area (Å²) in [5, 5.41) is 19.0. The van der Waals surface area contributed by atoms with Crippen LogP contribution >= 0.6 is 0 Å². The van der Waals surface area contributed by atoms with Gasteiger partial charge in [-0.2, -0.15) is 0 Å². The highest BCUT2D eigenvalue weighted by Crippen LogP contribution is 1.89. The number of nitrogens with zero attached hydrogens (tertiary/aromatic N) is 1. The molecular weight excluding hydrogens is 108 g/mol. The number of aliphatic hydroxyl groups excluding tert-OH is 1. The highest BCUT2D eigenvalue weighted by Gasteiger charge is 2.03. The number of hydrogen-bond acceptors (Lipinski definition) is 3. The number of oxime groups is 1. The topological polar surface area (TPSA) is 78.8 Å². The van der Waals surface area contributed by atoms with E-state index < -0.39 is 0 Å². The SMILES string of the molecule is CC(CO)/C(N)=N/O. The van der Waals surface area contributed by atoms with Crippen LogP contribution in [0.25, 0.3) is 0 Å². The van der Waals surface area contributed by atoms with Crippen molar-refractivity contribution in [3.8, 4) is 0 Å². The summed E-state index contributed by atoms with van der Waals surface area (Å²) in [6, 6.07) is 0. The Morgan fingerprint density at radius 3 is 2.50 bits per heavy atom. The molecule has 4 N–H and O–H groups in total. The van der Waals surface area contributed by atoms with Crippen molar-refractivity contribution in [3.63, 3.8) is 0 Å². The molecule has 0 aromatic rings. The van der Waals surface area contributed by atoms with E-state index in [1.165, 1.54) is 0 Å². The fourth-order valence-corrected chi connectivity index (χ4v) is 0.192. The fraction of sp³-hybridized carbons (Fsp3) is 0.750. The molecule has 1 atom stereocenters. The van der Waals surface area contributed by atoms with E-state index in [4.69, 9.17) is 16.0 Å². The van der Waals surface area contributed by atoms with Crippen LogP contribution in [-0.4, -0.2) is 22.8 Å². The van der Waals surface area contributed by atoms with Crippen LogP contribution in [0.1, 0.15) is 6.92 Å². The molecule has 0 aliphatic rings. The molecule has 1 unspecified atom stereocenters. The first-order valence-electron chi connectivity index (χ1n) is 2.30. The lowest BCUT2D eigenvalue weighted by Gasteiger charge is -2.01. The van der Waals surface area contributed by atoms with Gasteiger partial charge >= 0.3 is 0 Å². The van der Waals surface area contributed by atoms with Crippen LogP contribution in [0.3, 0.4) is 0 Å². The van der Waals surface area contributed by atoms with E-state index in [2.05, 4.69) is 5.16 Å². The van der Waals surface area contributed by atoms with Crippen molar-refractivity contribution >= 4 is 5.84 Å². The average molecular weight is 118 g/mol. The molecule has 0 aromatic carbocycles. The Balaban J connectivity index is 3.63. The van der Waals surface area contributed by atoms with Gasteiger partial charge in [-0.15, -0.1) is 0 Å². The van der Waals surface area contributed by atoms with Gasteiger partial charge in [0.15, 0.2) is 0 Å². The Morgan fingerprint density at radius 1 is 1.88 bits per heavy atom. The predicted molar refractivity (Wildman–Crippen MR) is 29.7 cm³/mol. The maximum Gasteiger partial charge on any atom is 0.144 e. The second kappa shape index (κ2) is 3.26. The summed E-state index contributed by atoms with van der Waals surface area (Å²) in [6.45, 7) is 1.57. The molecule has 0 radical (unpaired) electrons. The maximum atomic E-state index is 8.36. The molecule has 0 spiro atoms. The van der Waals surface area contributed by atoms with Crippen molar-refractivity contribution < 1.29 is 10.3 Å². The fourth-order valence-electron chi connectivity index (χ4n) is 0.192. The van der Waals surface area contributed by atoms with E-state index in [9.17, 15) is 0 Å². The van der Waals surface area contributed by atoms with Crippen molar-refractivity contribution in [2.45, 2.75) is 6.92 Å². The number of rotatable bonds is 2. The normalized spacial score (nSPS) is 16.0. The molecule has 0 aliphatic carbocycles. The Hall–Kier alpha value is -0.770. The zero-order valence-electron chi connectivity index (χ0n) is 4.70. The number of amidine groups is 1. The van der Waals surface area contributed by atoms with Gasteiger partial charge in [-0.1, -0.05) is 12.1 Å². The van der Waals surface area contributed by atoms with Gasteiger partial charge in [0.2, 0.25) is 0 Å². The van der Waals surface area contributed by atoms with E-state index in [1.807, 2.05) is 0 Å². The van der Waals surface area contributed by atoms with E-state index in [1.54, 1.807) is 6.92 Å². The first kappa shape index (κ1) is 7.23. The van der Waals surface area contributed by atoms with Crippen LogP contribution in [0, 0.1) is 5.92 Å². The number of nitrogens with two attached hydrogens (primary N) is 1. The quantitative estimate of drug-likeness (QED) is 0.195. The smallest absolute Gasteiger partial charge is 0.144 e. The third kappa shape index (κ3) is 1.79. The Kier molecular flexibility index (Phi) is 2.95. The monoisotopic (exact) mass is 118 g/mol. The third-order valence-electron chi connectivity index (χ3n) is 0.894. The van der Waals surface area contributed by atoms with Crippen LogP contribution in [0.2, 0.25) is 0 Å². The minimum atomic E-state index is -0.250. The molecule has 0 saturated carbocycles. The summed E-state index contributed by atoms with van der Waals surface area (Å²) < 4.78 is 0. The Bertz CT molecular complexity index is 92.0. The van der Waals surface area contributed by atoms with Gasteiger partial charge in [0.05, 0.1) is 6.61 Å². The molecule has 0 saturated heterocycles. The van der Waals surface area contributed by atoms with E-state index in [-0.39, 0.29) is 18.4 Å². The van der Waals surface area contributed by atoms with Gasteiger partial charge in [-0.05, 0) is 0 Å². The number of hydrogen-bond donors (Lipinski definition) is 3. The molecule has 0 heterocycles. The van der Waals surface area contributed by atoms with Crippen molar-refractivity contribution in [2.24, 2.45) is 16.8 Å². The van der Waals surface area contributed by atoms with Crippen LogP contribution in [0.5, 0.6) is 0 Å². The summed E-state index contributed by atoms with van der Waals surface area (Å²) in [7, 11) is 0. The van der Waals surface area contributed by atoms with E-state index in [0.29, 0.717) is 0 Å².